The number of benzene rings is 1. The highest BCUT2D eigenvalue weighted by Crippen LogP contribution is 2.38. The molecule has 2 aromatic heterocycles. The predicted octanol–water partition coefficient (Wildman–Crippen LogP) is 3.09. The minimum absolute atomic E-state index is 0.0386. The van der Waals surface area contributed by atoms with Crippen LogP contribution in [0.15, 0.2) is 28.9 Å². The quantitative estimate of drug-likeness (QED) is 0.666. The largest absolute Gasteiger partial charge is 0.336 e. The first kappa shape index (κ1) is 17.3. The zero-order chi connectivity index (χ0) is 19.3. The summed E-state index contributed by atoms with van der Waals surface area (Å²) in [5.41, 5.74) is 0.678. The lowest BCUT2D eigenvalue weighted by Crippen LogP contribution is -2.29. The van der Waals surface area contributed by atoms with Gasteiger partial charge in [0.2, 0.25) is 0 Å². The highest BCUT2D eigenvalue weighted by Gasteiger charge is 2.32. The van der Waals surface area contributed by atoms with Crippen molar-refractivity contribution in [1.29, 1.82) is 0 Å². The maximum Gasteiger partial charge on any atom is 0.280 e. The van der Waals surface area contributed by atoms with Crippen LogP contribution in [0.5, 0.6) is 0 Å². The molecule has 0 spiro atoms. The fourth-order valence-electron chi connectivity index (χ4n) is 3.37. The molecule has 28 heavy (non-hydrogen) atoms. The molecule has 0 bridgehead atoms. The normalized spacial score (nSPS) is 19.4. The number of likely N-dealkylation sites (tertiary alicyclic amines) is 1. The summed E-state index contributed by atoms with van der Waals surface area (Å²) in [6, 6.07) is 3.75. The molecule has 1 amide bonds. The van der Waals surface area contributed by atoms with Crippen LogP contribution in [0.3, 0.4) is 0 Å². The molecule has 1 aliphatic carbocycles. The molecule has 0 radical (unpaired) electrons. The fourth-order valence-corrected chi connectivity index (χ4v) is 3.57. The van der Waals surface area contributed by atoms with Crippen molar-refractivity contribution in [2.24, 2.45) is 0 Å². The third-order valence-electron chi connectivity index (χ3n) is 5.10. The van der Waals surface area contributed by atoms with Crippen molar-refractivity contribution in [2.75, 3.05) is 13.1 Å². The van der Waals surface area contributed by atoms with Crippen molar-refractivity contribution < 1.29 is 13.7 Å². The number of aromatic nitrogens is 5. The van der Waals surface area contributed by atoms with Crippen LogP contribution in [0.25, 0.3) is 11.6 Å². The fraction of sp³-hybridized carbons (Fsp3) is 0.389. The van der Waals surface area contributed by atoms with Crippen LogP contribution in [-0.4, -0.2) is 49.0 Å². The van der Waals surface area contributed by atoms with Gasteiger partial charge >= 0.3 is 0 Å². The van der Waals surface area contributed by atoms with E-state index in [9.17, 15) is 9.18 Å². The Morgan fingerprint density at radius 3 is 2.96 bits per heavy atom. The minimum Gasteiger partial charge on any atom is -0.336 e. The molecule has 1 saturated heterocycles. The Hall–Kier alpha value is -2.81. The second kappa shape index (κ2) is 6.66. The van der Waals surface area contributed by atoms with Crippen LogP contribution in [0.4, 0.5) is 4.39 Å². The van der Waals surface area contributed by atoms with Gasteiger partial charge in [0.15, 0.2) is 11.5 Å². The number of hydrogen-bond donors (Lipinski definition) is 0. The summed E-state index contributed by atoms with van der Waals surface area (Å²) in [6.07, 6.45) is 4.64. The third kappa shape index (κ3) is 3.15. The Morgan fingerprint density at radius 2 is 2.14 bits per heavy atom. The Balaban J connectivity index is 1.30. The van der Waals surface area contributed by atoms with Crippen LogP contribution >= 0.6 is 11.6 Å². The molecule has 144 valence electrons. The van der Waals surface area contributed by atoms with E-state index in [0.29, 0.717) is 42.8 Å². The SMILES string of the molecule is O=C(c1cc(F)ccc1Cl)N1CCC(n2cc(-c3nc(C4CC4)no3)nn2)C1. The van der Waals surface area contributed by atoms with Gasteiger partial charge in [-0.3, -0.25) is 4.79 Å². The Labute approximate surface area is 164 Å². The van der Waals surface area contributed by atoms with E-state index < -0.39 is 5.82 Å². The van der Waals surface area contributed by atoms with E-state index in [2.05, 4.69) is 20.5 Å². The number of carbonyl (C=O) groups is 1. The molecule has 1 unspecified atom stereocenters. The summed E-state index contributed by atoms with van der Waals surface area (Å²) in [4.78, 5) is 18.7. The number of halogens is 2. The smallest absolute Gasteiger partial charge is 0.280 e. The summed E-state index contributed by atoms with van der Waals surface area (Å²) in [5, 5.41) is 12.5. The number of hydrogen-bond acceptors (Lipinski definition) is 6. The Morgan fingerprint density at radius 1 is 1.29 bits per heavy atom. The Bertz CT molecular complexity index is 1050. The molecule has 1 aromatic carbocycles. The van der Waals surface area contributed by atoms with Gasteiger partial charge in [0.25, 0.3) is 11.8 Å². The van der Waals surface area contributed by atoms with Gasteiger partial charge in [-0.15, -0.1) is 5.10 Å². The first-order valence-electron chi connectivity index (χ1n) is 9.08. The molecule has 1 saturated carbocycles. The average molecular weight is 403 g/mol. The molecule has 10 heteroatoms. The van der Waals surface area contributed by atoms with E-state index in [1.165, 1.54) is 18.2 Å². The van der Waals surface area contributed by atoms with E-state index in [-0.39, 0.29) is 22.5 Å². The molecule has 3 aromatic rings. The molecule has 1 aliphatic heterocycles. The number of amides is 1. The van der Waals surface area contributed by atoms with Gasteiger partial charge in [0, 0.05) is 19.0 Å². The van der Waals surface area contributed by atoms with E-state index >= 15 is 0 Å². The molecule has 5 rings (SSSR count). The maximum absolute atomic E-state index is 13.5. The second-order valence-corrected chi connectivity index (χ2v) is 7.54. The Kier molecular flexibility index (Phi) is 4.12. The third-order valence-corrected chi connectivity index (χ3v) is 5.43. The molecular weight excluding hydrogens is 387 g/mol. The van der Waals surface area contributed by atoms with Gasteiger partial charge in [-0.05, 0) is 37.5 Å². The number of rotatable bonds is 4. The summed E-state index contributed by atoms with van der Waals surface area (Å²) in [7, 11) is 0. The molecule has 0 N–H and O–H groups in total. The van der Waals surface area contributed by atoms with Crippen LogP contribution in [-0.2, 0) is 0 Å². The van der Waals surface area contributed by atoms with E-state index in [1.807, 2.05) is 0 Å². The molecule has 3 heterocycles. The van der Waals surface area contributed by atoms with Gasteiger partial charge in [0.05, 0.1) is 22.8 Å². The van der Waals surface area contributed by atoms with Crippen molar-refractivity contribution in [3.05, 3.63) is 46.6 Å². The summed E-state index contributed by atoms with van der Waals surface area (Å²) < 4.78 is 20.5. The first-order chi connectivity index (χ1) is 13.6. The van der Waals surface area contributed by atoms with Crippen molar-refractivity contribution in [1.82, 2.24) is 30.0 Å². The maximum atomic E-state index is 13.5. The molecule has 1 atom stereocenters. The zero-order valence-corrected chi connectivity index (χ0v) is 15.5. The highest BCUT2D eigenvalue weighted by molar-refractivity contribution is 6.33. The standard InChI is InChI=1S/C18H16ClFN6O2/c19-14-4-3-11(20)7-13(14)18(27)25-6-5-12(8-25)26-9-15(22-24-26)17-21-16(23-28-17)10-1-2-10/h3-4,7,9-10,12H,1-2,5-6,8H2. The molecule has 2 fully saturated rings. The monoisotopic (exact) mass is 402 g/mol. The van der Waals surface area contributed by atoms with Crippen molar-refractivity contribution in [2.45, 2.75) is 31.2 Å². The van der Waals surface area contributed by atoms with E-state index in [1.54, 1.807) is 15.8 Å². The van der Waals surface area contributed by atoms with E-state index in [4.69, 9.17) is 16.1 Å². The lowest BCUT2D eigenvalue weighted by Gasteiger charge is -2.17. The summed E-state index contributed by atoms with van der Waals surface area (Å²) >= 11 is 6.06. The van der Waals surface area contributed by atoms with Gasteiger partial charge < -0.3 is 9.42 Å². The number of carbonyl (C=O) groups excluding carboxylic acids is 1. The minimum atomic E-state index is -0.491. The number of nitrogens with zero attached hydrogens (tertiary/aromatic N) is 6. The van der Waals surface area contributed by atoms with Crippen LogP contribution in [0, 0.1) is 5.82 Å². The van der Waals surface area contributed by atoms with Crippen molar-refractivity contribution in [3.63, 3.8) is 0 Å². The van der Waals surface area contributed by atoms with Crippen LogP contribution in [0.2, 0.25) is 5.02 Å². The summed E-state index contributed by atoms with van der Waals surface area (Å²) in [6.45, 7) is 0.962. The molecular formula is C18H16ClFN6O2. The zero-order valence-electron chi connectivity index (χ0n) is 14.8. The predicted molar refractivity (Wildman–Crippen MR) is 96.3 cm³/mol. The van der Waals surface area contributed by atoms with Gasteiger partial charge in [0.1, 0.15) is 5.82 Å². The van der Waals surface area contributed by atoms with Gasteiger partial charge in [-0.2, -0.15) is 4.98 Å². The summed E-state index contributed by atoms with van der Waals surface area (Å²) in [5.74, 6) is 0.684. The van der Waals surface area contributed by atoms with Crippen LogP contribution in [0.1, 0.15) is 47.4 Å². The highest BCUT2D eigenvalue weighted by atomic mass is 35.5. The van der Waals surface area contributed by atoms with Gasteiger partial charge in [-0.25, -0.2) is 9.07 Å². The van der Waals surface area contributed by atoms with Crippen molar-refractivity contribution in [3.8, 4) is 11.6 Å². The second-order valence-electron chi connectivity index (χ2n) is 7.13. The lowest BCUT2D eigenvalue weighted by atomic mass is 10.2. The molecule has 2 aliphatic rings. The topological polar surface area (TPSA) is 89.9 Å². The van der Waals surface area contributed by atoms with Crippen LogP contribution < -0.4 is 0 Å². The van der Waals surface area contributed by atoms with Gasteiger partial charge in [-0.1, -0.05) is 22.0 Å². The molecule has 8 nitrogen and oxygen atoms in total. The van der Waals surface area contributed by atoms with E-state index in [0.717, 1.165) is 12.8 Å². The lowest BCUT2D eigenvalue weighted by molar-refractivity contribution is 0.0786. The van der Waals surface area contributed by atoms with Crippen molar-refractivity contribution >= 4 is 17.5 Å². The first-order valence-corrected chi connectivity index (χ1v) is 9.46. The average Bonchev–Trinajstić information content (AvgIpc) is 3.12.